The minimum absolute atomic E-state index is 0.0930. The van der Waals surface area contributed by atoms with Crippen molar-refractivity contribution in [2.24, 2.45) is 0 Å². The van der Waals surface area contributed by atoms with Crippen LogP contribution in [0.15, 0.2) is 58.0 Å². The monoisotopic (exact) mass is 389 g/mol. The number of aromatic nitrogens is 2. The molecule has 7 heteroatoms. The zero-order chi connectivity index (χ0) is 20.0. The van der Waals surface area contributed by atoms with Crippen LogP contribution in [0.3, 0.4) is 0 Å². The lowest BCUT2D eigenvalue weighted by atomic mass is 10.0. The van der Waals surface area contributed by atoms with Gasteiger partial charge < -0.3 is 14.1 Å². The molecule has 0 aliphatic carbocycles. The Bertz CT molecular complexity index is 1300. The predicted octanol–water partition coefficient (Wildman–Crippen LogP) is 3.13. The smallest absolute Gasteiger partial charge is 0.297 e. The molecule has 0 fully saturated rings. The number of fused-ring (bicyclic) bond motifs is 4. The SMILES string of the molecule is COc1ccc2c(c1)CCCN2C(=O)Cn1cnc2c(oc3ccccc32)c1=O. The van der Waals surface area contributed by atoms with Crippen LogP contribution in [0.5, 0.6) is 5.75 Å². The molecule has 4 aromatic rings. The predicted molar refractivity (Wildman–Crippen MR) is 109 cm³/mol. The number of furan rings is 1. The average Bonchev–Trinajstić information content (AvgIpc) is 3.14. The fraction of sp³-hybridized carbons (Fsp3) is 0.227. The first-order valence-corrected chi connectivity index (χ1v) is 9.49. The number of hydrogen-bond donors (Lipinski definition) is 0. The first kappa shape index (κ1) is 17.5. The molecule has 0 saturated heterocycles. The van der Waals surface area contributed by atoms with E-state index in [1.165, 1.54) is 10.9 Å². The van der Waals surface area contributed by atoms with Gasteiger partial charge in [0.1, 0.15) is 23.4 Å². The standard InChI is InChI=1S/C22H19N3O4/c1-28-15-8-9-17-14(11-15)5-4-10-25(17)19(26)12-24-13-23-20-16-6-2-3-7-18(16)29-21(20)22(24)27/h2-3,6-9,11,13H,4-5,10,12H2,1H3. The van der Waals surface area contributed by atoms with Gasteiger partial charge in [0, 0.05) is 17.6 Å². The van der Waals surface area contributed by atoms with E-state index >= 15 is 0 Å². The maximum Gasteiger partial charge on any atom is 0.297 e. The van der Waals surface area contributed by atoms with Gasteiger partial charge in [-0.1, -0.05) is 12.1 Å². The number of methoxy groups -OCH3 is 1. The number of carbonyl (C=O) groups excluding carboxylic acids is 1. The zero-order valence-electron chi connectivity index (χ0n) is 15.9. The molecule has 1 amide bonds. The summed E-state index contributed by atoms with van der Waals surface area (Å²) in [5, 5.41) is 0.789. The van der Waals surface area contributed by atoms with Crippen LogP contribution in [0, 0.1) is 0 Å². The lowest BCUT2D eigenvalue weighted by molar-refractivity contribution is -0.119. The molecule has 2 aromatic heterocycles. The fourth-order valence-electron chi connectivity index (χ4n) is 3.92. The molecule has 5 rings (SSSR count). The van der Waals surface area contributed by atoms with Gasteiger partial charge in [0.05, 0.1) is 13.4 Å². The van der Waals surface area contributed by atoms with E-state index in [4.69, 9.17) is 9.15 Å². The lowest BCUT2D eigenvalue weighted by Gasteiger charge is -2.30. The summed E-state index contributed by atoms with van der Waals surface area (Å²) < 4.78 is 12.3. The number of benzene rings is 2. The second-order valence-corrected chi connectivity index (χ2v) is 7.10. The van der Waals surface area contributed by atoms with Crippen molar-refractivity contribution in [1.82, 2.24) is 9.55 Å². The van der Waals surface area contributed by atoms with Gasteiger partial charge in [0.2, 0.25) is 11.5 Å². The van der Waals surface area contributed by atoms with Gasteiger partial charge in [-0.05, 0) is 48.7 Å². The van der Waals surface area contributed by atoms with Crippen LogP contribution in [0.1, 0.15) is 12.0 Å². The van der Waals surface area contributed by atoms with Gasteiger partial charge >= 0.3 is 0 Å². The number of aryl methyl sites for hydroxylation is 1. The van der Waals surface area contributed by atoms with Gasteiger partial charge in [0.25, 0.3) is 5.56 Å². The molecule has 0 saturated carbocycles. The van der Waals surface area contributed by atoms with E-state index < -0.39 is 0 Å². The van der Waals surface area contributed by atoms with Crippen molar-refractivity contribution in [3.05, 3.63) is 64.7 Å². The summed E-state index contributed by atoms with van der Waals surface area (Å²) in [6.07, 6.45) is 3.17. The third-order valence-electron chi connectivity index (χ3n) is 5.36. The topological polar surface area (TPSA) is 77.6 Å². The Balaban J connectivity index is 1.49. The normalized spacial score (nSPS) is 13.6. The first-order chi connectivity index (χ1) is 14.2. The summed E-state index contributed by atoms with van der Waals surface area (Å²) in [4.78, 5) is 32.0. The maximum atomic E-state index is 13.0. The molecule has 0 N–H and O–H groups in total. The second kappa shape index (κ2) is 6.77. The van der Waals surface area contributed by atoms with Crippen LogP contribution < -0.4 is 15.2 Å². The molecule has 2 aromatic carbocycles. The molecular weight excluding hydrogens is 370 g/mol. The molecule has 0 unspecified atom stereocenters. The number of amides is 1. The molecule has 1 aliphatic heterocycles. The number of para-hydroxylation sites is 1. The molecule has 0 radical (unpaired) electrons. The van der Waals surface area contributed by atoms with Crippen LogP contribution in [0.2, 0.25) is 0 Å². The molecule has 146 valence electrons. The molecule has 0 spiro atoms. The van der Waals surface area contributed by atoms with Crippen molar-refractivity contribution >= 4 is 33.7 Å². The Kier molecular flexibility index (Phi) is 4.08. The van der Waals surface area contributed by atoms with Crippen molar-refractivity contribution in [3.8, 4) is 5.75 Å². The molecule has 29 heavy (non-hydrogen) atoms. The molecule has 0 atom stereocenters. The summed E-state index contributed by atoms with van der Waals surface area (Å²) in [5.74, 6) is 0.615. The van der Waals surface area contributed by atoms with Crippen LogP contribution in [-0.4, -0.2) is 29.1 Å². The number of hydrogen-bond acceptors (Lipinski definition) is 5. The Morgan fingerprint density at radius 3 is 2.97 bits per heavy atom. The van der Waals surface area contributed by atoms with Gasteiger partial charge in [0.15, 0.2) is 0 Å². The molecule has 1 aliphatic rings. The fourth-order valence-corrected chi connectivity index (χ4v) is 3.92. The largest absolute Gasteiger partial charge is 0.497 e. The number of rotatable bonds is 3. The number of ether oxygens (including phenoxy) is 1. The number of anilines is 1. The molecule has 3 heterocycles. The van der Waals surface area contributed by atoms with Crippen molar-refractivity contribution in [1.29, 1.82) is 0 Å². The van der Waals surface area contributed by atoms with E-state index in [9.17, 15) is 9.59 Å². The number of nitrogens with zero attached hydrogens (tertiary/aromatic N) is 3. The van der Waals surface area contributed by atoms with E-state index in [1.807, 2.05) is 36.4 Å². The van der Waals surface area contributed by atoms with E-state index in [0.29, 0.717) is 17.6 Å². The molecule has 7 nitrogen and oxygen atoms in total. The first-order valence-electron chi connectivity index (χ1n) is 9.49. The van der Waals surface area contributed by atoms with E-state index in [1.54, 1.807) is 18.1 Å². The second-order valence-electron chi connectivity index (χ2n) is 7.10. The van der Waals surface area contributed by atoms with Gasteiger partial charge in [-0.25, -0.2) is 4.98 Å². The highest BCUT2D eigenvalue weighted by atomic mass is 16.5. The summed E-state index contributed by atoms with van der Waals surface area (Å²) in [5.41, 5.74) is 2.88. The average molecular weight is 389 g/mol. The van der Waals surface area contributed by atoms with Crippen LogP contribution >= 0.6 is 0 Å². The van der Waals surface area contributed by atoms with Crippen LogP contribution in [-0.2, 0) is 17.8 Å². The zero-order valence-corrected chi connectivity index (χ0v) is 15.9. The van der Waals surface area contributed by atoms with Crippen molar-refractivity contribution in [3.63, 3.8) is 0 Å². The highest BCUT2D eigenvalue weighted by Gasteiger charge is 2.24. The summed E-state index contributed by atoms with van der Waals surface area (Å²) in [6, 6.07) is 13.1. The van der Waals surface area contributed by atoms with Gasteiger partial charge in [-0.2, -0.15) is 0 Å². The van der Waals surface area contributed by atoms with Crippen molar-refractivity contribution < 1.29 is 13.9 Å². The van der Waals surface area contributed by atoms with Crippen molar-refractivity contribution in [2.45, 2.75) is 19.4 Å². The third kappa shape index (κ3) is 2.86. The Morgan fingerprint density at radius 1 is 1.24 bits per heavy atom. The lowest BCUT2D eigenvalue weighted by Crippen LogP contribution is -2.39. The molecule has 0 bridgehead atoms. The Labute approximate surface area is 166 Å². The minimum Gasteiger partial charge on any atom is -0.497 e. The Morgan fingerprint density at radius 2 is 2.10 bits per heavy atom. The highest BCUT2D eigenvalue weighted by Crippen LogP contribution is 2.30. The maximum absolute atomic E-state index is 13.0. The van der Waals surface area contributed by atoms with Gasteiger partial charge in [-0.3, -0.25) is 14.2 Å². The summed E-state index contributed by atoms with van der Waals surface area (Å²) in [6.45, 7) is 0.525. The van der Waals surface area contributed by atoms with Gasteiger partial charge in [-0.15, -0.1) is 0 Å². The van der Waals surface area contributed by atoms with Crippen LogP contribution in [0.25, 0.3) is 22.1 Å². The van der Waals surface area contributed by atoms with Crippen LogP contribution in [0.4, 0.5) is 5.69 Å². The van der Waals surface area contributed by atoms with Crippen molar-refractivity contribution in [2.75, 3.05) is 18.6 Å². The third-order valence-corrected chi connectivity index (χ3v) is 5.36. The summed E-state index contributed by atoms with van der Waals surface area (Å²) >= 11 is 0. The Hall–Kier alpha value is -3.61. The quantitative estimate of drug-likeness (QED) is 0.538. The minimum atomic E-state index is -0.355. The highest BCUT2D eigenvalue weighted by molar-refractivity contribution is 6.02. The molecular formula is C22H19N3O4. The van der Waals surface area contributed by atoms with E-state index in [0.717, 1.165) is 35.2 Å². The number of carbonyl (C=O) groups is 1. The summed E-state index contributed by atoms with van der Waals surface area (Å²) in [7, 11) is 1.63. The van der Waals surface area contributed by atoms with E-state index in [2.05, 4.69) is 4.98 Å². The van der Waals surface area contributed by atoms with E-state index in [-0.39, 0.29) is 23.6 Å².